The van der Waals surface area contributed by atoms with Gasteiger partial charge in [-0.1, -0.05) is 13.0 Å². The Morgan fingerprint density at radius 1 is 1.25 bits per heavy atom. The van der Waals surface area contributed by atoms with Crippen molar-refractivity contribution in [2.24, 2.45) is 5.92 Å². The van der Waals surface area contributed by atoms with E-state index in [4.69, 9.17) is 4.74 Å². The van der Waals surface area contributed by atoms with Crippen molar-refractivity contribution in [3.8, 4) is 5.75 Å². The van der Waals surface area contributed by atoms with Crippen LogP contribution in [0.4, 0.5) is 10.1 Å². The van der Waals surface area contributed by atoms with E-state index in [9.17, 15) is 27.5 Å². The first-order valence-electron chi connectivity index (χ1n) is 12.0. The third-order valence-corrected chi connectivity index (χ3v) is 8.62. The van der Waals surface area contributed by atoms with E-state index in [1.165, 1.54) is 6.07 Å². The van der Waals surface area contributed by atoms with Gasteiger partial charge in [-0.25, -0.2) is 17.6 Å². The molecule has 3 atom stereocenters. The molecule has 2 fully saturated rings. The second-order valence-electron chi connectivity index (χ2n) is 9.61. The van der Waals surface area contributed by atoms with Crippen LogP contribution in [0.15, 0.2) is 35.2 Å². The smallest absolute Gasteiger partial charge is 0.341 e. The number of carbonyl (C=O) groups excluding carboxylic acids is 1. The molecule has 5 rings (SSSR count). The van der Waals surface area contributed by atoms with Gasteiger partial charge < -0.3 is 20.1 Å². The number of carbonyl (C=O) groups is 2. The molecule has 2 aromatic rings. The topological polar surface area (TPSA) is 125 Å². The predicted molar refractivity (Wildman–Crippen MR) is 129 cm³/mol. The Labute approximate surface area is 208 Å². The molecule has 36 heavy (non-hydrogen) atoms. The van der Waals surface area contributed by atoms with Crippen LogP contribution in [0.5, 0.6) is 5.75 Å². The molecule has 3 N–H and O–H groups in total. The van der Waals surface area contributed by atoms with E-state index in [2.05, 4.69) is 14.9 Å². The third kappa shape index (κ3) is 4.77. The minimum atomic E-state index is -4.36. The van der Waals surface area contributed by atoms with Crippen LogP contribution in [0, 0.1) is 11.7 Å². The van der Waals surface area contributed by atoms with Crippen molar-refractivity contribution in [2.45, 2.75) is 43.0 Å². The zero-order valence-corrected chi connectivity index (χ0v) is 20.6. The third-order valence-electron chi connectivity index (χ3n) is 7.16. The second kappa shape index (κ2) is 9.36. The lowest BCUT2D eigenvalue weighted by Gasteiger charge is -2.21. The quantitative estimate of drug-likeness (QED) is 0.492. The van der Waals surface area contributed by atoms with Crippen LogP contribution < -0.4 is 14.8 Å². The Morgan fingerprint density at radius 2 is 2.06 bits per heavy atom. The lowest BCUT2D eigenvalue weighted by atomic mass is 10.0. The number of halogens is 1. The Hall–Kier alpha value is -3.18. The van der Waals surface area contributed by atoms with Gasteiger partial charge in [0.05, 0.1) is 23.6 Å². The molecule has 1 aliphatic carbocycles. The molecule has 2 aliphatic heterocycles. The van der Waals surface area contributed by atoms with Crippen molar-refractivity contribution in [3.05, 3.63) is 52.8 Å². The molecule has 0 bridgehead atoms. The number of nitrogens with one attached hydrogen (secondary N) is 2. The highest BCUT2D eigenvalue weighted by atomic mass is 32.2. The van der Waals surface area contributed by atoms with Crippen molar-refractivity contribution in [3.63, 3.8) is 0 Å². The van der Waals surface area contributed by atoms with Gasteiger partial charge >= 0.3 is 5.97 Å². The summed E-state index contributed by atoms with van der Waals surface area (Å²) >= 11 is 0. The summed E-state index contributed by atoms with van der Waals surface area (Å²) in [5.41, 5.74) is 0.340. The number of amides is 1. The summed E-state index contributed by atoms with van der Waals surface area (Å²) in [6.45, 7) is 4.87. The van der Waals surface area contributed by atoms with Gasteiger partial charge in [-0.3, -0.25) is 9.52 Å². The van der Waals surface area contributed by atoms with Gasteiger partial charge in [0.1, 0.15) is 17.1 Å². The first-order valence-corrected chi connectivity index (χ1v) is 13.5. The lowest BCUT2D eigenvalue weighted by molar-refractivity contribution is -0.121. The van der Waals surface area contributed by atoms with E-state index in [0.29, 0.717) is 19.1 Å². The number of sulfonamides is 1. The number of carboxylic acids is 1. The molecule has 0 spiro atoms. The van der Waals surface area contributed by atoms with E-state index in [0.717, 1.165) is 49.7 Å². The average molecular weight is 518 g/mol. The summed E-state index contributed by atoms with van der Waals surface area (Å²) in [5, 5.41) is 12.7. The van der Waals surface area contributed by atoms with Gasteiger partial charge in [-0.2, -0.15) is 0 Å². The molecule has 9 nitrogen and oxygen atoms in total. The van der Waals surface area contributed by atoms with Crippen LogP contribution in [0.2, 0.25) is 0 Å². The molecule has 0 aromatic heterocycles. The highest BCUT2D eigenvalue weighted by molar-refractivity contribution is 7.92. The van der Waals surface area contributed by atoms with Gasteiger partial charge in [-0.15, -0.1) is 0 Å². The molecule has 192 valence electrons. The van der Waals surface area contributed by atoms with E-state index in [1.807, 2.05) is 6.92 Å². The monoisotopic (exact) mass is 517 g/mol. The number of benzene rings is 2. The molecule has 11 heteroatoms. The van der Waals surface area contributed by atoms with Gasteiger partial charge in [0, 0.05) is 25.0 Å². The number of nitrogens with zero attached hydrogens (tertiary/aromatic N) is 1. The molecule has 2 heterocycles. The maximum absolute atomic E-state index is 14.1. The normalized spacial score (nSPS) is 22.8. The van der Waals surface area contributed by atoms with E-state index in [1.54, 1.807) is 6.07 Å². The Morgan fingerprint density at radius 3 is 2.78 bits per heavy atom. The maximum Gasteiger partial charge on any atom is 0.341 e. The standard InChI is InChI=1S/C25H28FN3O6S/c1-2-29-8-7-17(12-29)27-22(30)11-14-9-16(26)3-6-21(14)36(33,34)28-20-5-4-18-19-10-15(19)13-35-24(18)23(20)25(31)32/h3-6,9,15,17,19,28H,2,7-8,10-13H2,1H3,(H,27,30)(H,31,32)/t15-,17+,19-/m1/s1. The van der Waals surface area contributed by atoms with E-state index < -0.39 is 27.7 Å². The molecular weight excluding hydrogens is 489 g/mol. The lowest BCUT2D eigenvalue weighted by Crippen LogP contribution is -2.38. The number of likely N-dealkylation sites (tertiary alicyclic amines) is 1. The fourth-order valence-electron chi connectivity index (χ4n) is 5.18. The number of carboxylic acid groups (broad SMARTS) is 1. The van der Waals surface area contributed by atoms with Crippen LogP contribution in [0.3, 0.4) is 0 Å². The van der Waals surface area contributed by atoms with Crippen molar-refractivity contribution in [2.75, 3.05) is 31.0 Å². The molecule has 1 amide bonds. The summed E-state index contributed by atoms with van der Waals surface area (Å²) in [7, 11) is -4.36. The highest BCUT2D eigenvalue weighted by Gasteiger charge is 2.45. The Bertz CT molecular complexity index is 1330. The number of hydrogen-bond acceptors (Lipinski definition) is 6. The van der Waals surface area contributed by atoms with Gasteiger partial charge in [0.2, 0.25) is 5.91 Å². The second-order valence-corrected chi connectivity index (χ2v) is 11.3. The molecule has 1 saturated heterocycles. The SMILES string of the molecule is CCN1CC[C@H](NC(=O)Cc2cc(F)ccc2S(=O)(=O)Nc2ccc3c(c2C(=O)O)OC[C@H]2C[C@@H]32)C1. The zero-order chi connectivity index (χ0) is 25.6. The first kappa shape index (κ1) is 24.5. The maximum atomic E-state index is 14.1. The van der Waals surface area contributed by atoms with Crippen LogP contribution in [-0.4, -0.2) is 62.6 Å². The molecule has 0 unspecified atom stereocenters. The number of rotatable bonds is 8. The van der Waals surface area contributed by atoms with Crippen molar-refractivity contribution >= 4 is 27.6 Å². The molecule has 2 aromatic carbocycles. The largest absolute Gasteiger partial charge is 0.492 e. The summed E-state index contributed by atoms with van der Waals surface area (Å²) in [6, 6.07) is 6.14. The van der Waals surface area contributed by atoms with E-state index in [-0.39, 0.29) is 45.8 Å². The van der Waals surface area contributed by atoms with Crippen molar-refractivity contribution in [1.29, 1.82) is 0 Å². The summed E-state index contributed by atoms with van der Waals surface area (Å²) in [6.07, 6.45) is 1.36. The number of fused-ring (bicyclic) bond motifs is 3. The molecule has 1 saturated carbocycles. The predicted octanol–water partition coefficient (Wildman–Crippen LogP) is 2.57. The van der Waals surface area contributed by atoms with E-state index >= 15 is 0 Å². The summed E-state index contributed by atoms with van der Waals surface area (Å²) in [4.78, 5) is 26.7. The molecule has 0 radical (unpaired) electrons. The summed E-state index contributed by atoms with van der Waals surface area (Å²) < 4.78 is 48.8. The van der Waals surface area contributed by atoms with Gasteiger partial charge in [0.15, 0.2) is 0 Å². The molecule has 3 aliphatic rings. The average Bonchev–Trinajstić information content (AvgIpc) is 3.48. The first-order chi connectivity index (χ1) is 17.2. The van der Waals surface area contributed by atoms with Crippen LogP contribution in [-0.2, 0) is 21.2 Å². The minimum absolute atomic E-state index is 0.0164. The minimum Gasteiger partial charge on any atom is -0.492 e. The number of anilines is 1. The highest BCUT2D eigenvalue weighted by Crippen LogP contribution is 2.55. The van der Waals surface area contributed by atoms with Crippen LogP contribution in [0.25, 0.3) is 0 Å². The zero-order valence-electron chi connectivity index (χ0n) is 19.8. The van der Waals surface area contributed by atoms with Crippen molar-refractivity contribution in [1.82, 2.24) is 10.2 Å². The van der Waals surface area contributed by atoms with Crippen LogP contribution >= 0.6 is 0 Å². The van der Waals surface area contributed by atoms with Gasteiger partial charge in [-0.05, 0) is 60.7 Å². The summed E-state index contributed by atoms with van der Waals surface area (Å²) in [5.74, 6) is -1.64. The number of aromatic carboxylic acids is 1. The molecular formula is C25H28FN3O6S. The fraction of sp³-hybridized carbons (Fsp3) is 0.440. The number of likely N-dealkylation sites (N-methyl/N-ethyl adjacent to an activating group) is 1. The Balaban J connectivity index is 1.40. The fourth-order valence-corrected chi connectivity index (χ4v) is 6.48. The Kier molecular flexibility index (Phi) is 6.37. The van der Waals surface area contributed by atoms with Gasteiger partial charge in [0.25, 0.3) is 10.0 Å². The number of hydrogen-bond donors (Lipinski definition) is 3. The van der Waals surface area contributed by atoms with Crippen LogP contribution in [0.1, 0.15) is 47.2 Å². The van der Waals surface area contributed by atoms with Crippen molar-refractivity contribution < 1.29 is 32.2 Å². The number of ether oxygens (including phenoxy) is 1.